The van der Waals surface area contributed by atoms with E-state index in [4.69, 9.17) is 25.8 Å². The highest BCUT2D eigenvalue weighted by atomic mass is 35.5. The van der Waals surface area contributed by atoms with Gasteiger partial charge in [-0.25, -0.2) is 4.98 Å². The topological polar surface area (TPSA) is 192 Å². The average molecular weight is 956 g/mol. The Labute approximate surface area is 402 Å². The van der Waals surface area contributed by atoms with Crippen LogP contribution in [0.5, 0.6) is 11.5 Å². The molecule has 4 atom stereocenters. The monoisotopic (exact) mass is 954 g/mol. The molecule has 2 heterocycles. The van der Waals surface area contributed by atoms with Gasteiger partial charge < -0.3 is 40.2 Å². The van der Waals surface area contributed by atoms with E-state index < -0.39 is 46.2 Å². The maximum Gasteiger partial charge on any atom is 0.251 e. The number of benzene rings is 3. The number of hydrogen-bond donors (Lipinski definition) is 4. The fraction of sp³-hybridized carbons (Fsp3) is 0.490. The quantitative estimate of drug-likeness (QED) is 0.0716. The number of rotatable bonds is 18. The van der Waals surface area contributed by atoms with E-state index in [2.05, 4.69) is 54.7 Å². The predicted octanol–water partition coefficient (Wildman–Crippen LogP) is 7.80. The lowest BCUT2D eigenvalue weighted by molar-refractivity contribution is -0.164. The average Bonchev–Trinajstić information content (AvgIpc) is 3.90. The summed E-state index contributed by atoms with van der Waals surface area (Å²) in [7, 11) is 0. The van der Waals surface area contributed by atoms with Crippen molar-refractivity contribution in [2.75, 3.05) is 26.4 Å². The molecule has 358 valence electrons. The van der Waals surface area contributed by atoms with Crippen LogP contribution in [0.4, 0.5) is 0 Å². The van der Waals surface area contributed by atoms with Gasteiger partial charge in [0, 0.05) is 48.1 Å². The Kier molecular flexibility index (Phi) is 16.1. The van der Waals surface area contributed by atoms with Gasteiger partial charge >= 0.3 is 0 Å². The number of carbonyl (C=O) groups excluding carboxylic acids is 4. The summed E-state index contributed by atoms with van der Waals surface area (Å²) in [6.07, 6.45) is 0.242. The van der Waals surface area contributed by atoms with Crippen molar-refractivity contribution in [1.82, 2.24) is 25.8 Å². The molecule has 0 bridgehead atoms. The molecule has 1 aliphatic heterocycles. The van der Waals surface area contributed by atoms with Gasteiger partial charge in [0.2, 0.25) is 17.7 Å². The number of nitrogens with zero attached hydrogens (tertiary/aromatic N) is 3. The number of nitrogens with one attached hydrogen (secondary N) is 3. The molecule has 2 fully saturated rings. The molecule has 16 heteroatoms. The first-order chi connectivity index (χ1) is 31.6. The van der Waals surface area contributed by atoms with Crippen LogP contribution in [-0.2, 0) is 19.1 Å². The molecule has 4 N–H and O–H groups in total. The fourth-order valence-corrected chi connectivity index (χ4v) is 10.4. The Bertz CT molecular complexity index is 2430. The van der Waals surface area contributed by atoms with E-state index in [9.17, 15) is 29.5 Å². The van der Waals surface area contributed by atoms with Crippen molar-refractivity contribution in [2.24, 2.45) is 16.2 Å². The number of carbonyl (C=O) groups is 4. The summed E-state index contributed by atoms with van der Waals surface area (Å²) < 4.78 is 17.9. The largest absolute Gasteiger partial charge is 0.494 e. The lowest BCUT2D eigenvalue weighted by Crippen LogP contribution is -2.74. The van der Waals surface area contributed by atoms with Crippen LogP contribution in [-0.4, -0.2) is 95.3 Å². The van der Waals surface area contributed by atoms with E-state index in [1.165, 1.54) is 4.90 Å². The number of aromatic nitrogens is 1. The van der Waals surface area contributed by atoms with Crippen molar-refractivity contribution in [3.05, 3.63) is 99.6 Å². The van der Waals surface area contributed by atoms with Gasteiger partial charge in [-0.3, -0.25) is 19.2 Å². The summed E-state index contributed by atoms with van der Waals surface area (Å²) >= 11 is 7.80. The first kappa shape index (κ1) is 50.9. The molecular weight excluding hydrogens is 892 g/mol. The second-order valence-electron chi connectivity index (χ2n) is 19.8. The van der Waals surface area contributed by atoms with E-state index in [1.807, 2.05) is 64.4 Å². The summed E-state index contributed by atoms with van der Waals surface area (Å²) in [6.45, 7) is 18.0. The first-order valence-corrected chi connectivity index (χ1v) is 23.9. The Morgan fingerprint density at radius 3 is 2.24 bits per heavy atom. The van der Waals surface area contributed by atoms with E-state index in [0.29, 0.717) is 47.1 Å². The maximum absolute atomic E-state index is 14.1. The number of hydrogen-bond acceptors (Lipinski definition) is 11. The van der Waals surface area contributed by atoms with Crippen LogP contribution >= 0.6 is 22.9 Å². The van der Waals surface area contributed by atoms with Gasteiger partial charge in [0.05, 0.1) is 45.4 Å². The van der Waals surface area contributed by atoms with Crippen LogP contribution in [0.25, 0.3) is 10.4 Å². The van der Waals surface area contributed by atoms with Crippen LogP contribution in [0.2, 0.25) is 5.02 Å². The number of nitriles is 1. The number of aliphatic hydroxyl groups excluding tert-OH is 1. The fourth-order valence-electron chi connectivity index (χ4n) is 9.39. The maximum atomic E-state index is 14.1. The Morgan fingerprint density at radius 2 is 1.63 bits per heavy atom. The minimum Gasteiger partial charge on any atom is -0.494 e. The number of amides is 4. The van der Waals surface area contributed by atoms with E-state index in [0.717, 1.165) is 21.7 Å². The van der Waals surface area contributed by atoms with Gasteiger partial charge in [0.1, 0.15) is 42.4 Å². The zero-order valence-electron chi connectivity index (χ0n) is 39.8. The number of likely N-dealkylation sites (tertiary alicyclic amines) is 1. The number of aliphatic hydroxyl groups is 1. The zero-order chi connectivity index (χ0) is 48.8. The molecule has 2 unspecified atom stereocenters. The second-order valence-corrected chi connectivity index (χ2v) is 21.1. The third-order valence-corrected chi connectivity index (χ3v) is 14.1. The minimum atomic E-state index is -0.972. The van der Waals surface area contributed by atoms with Crippen LogP contribution < -0.4 is 25.4 Å². The predicted molar refractivity (Wildman–Crippen MR) is 258 cm³/mol. The molecule has 67 heavy (non-hydrogen) atoms. The van der Waals surface area contributed by atoms with Crippen molar-refractivity contribution in [2.45, 2.75) is 118 Å². The van der Waals surface area contributed by atoms with Gasteiger partial charge in [-0.2, -0.15) is 5.26 Å². The molecule has 14 nitrogen and oxygen atoms in total. The van der Waals surface area contributed by atoms with Crippen molar-refractivity contribution in [3.8, 4) is 28.0 Å². The molecule has 1 aromatic heterocycles. The number of aryl methyl sites for hydroxylation is 1. The normalized spacial score (nSPS) is 20.4. The molecule has 4 aromatic rings. The van der Waals surface area contributed by atoms with Crippen LogP contribution in [0.1, 0.15) is 108 Å². The number of ether oxygens (including phenoxy) is 3. The molecule has 4 amide bonds. The molecule has 3 aromatic carbocycles. The number of halogens is 1. The molecule has 1 aliphatic carbocycles. The van der Waals surface area contributed by atoms with Crippen molar-refractivity contribution in [3.63, 3.8) is 0 Å². The van der Waals surface area contributed by atoms with Gasteiger partial charge in [0.15, 0.2) is 0 Å². The molecule has 6 rings (SSSR count). The molecule has 0 spiro atoms. The number of β-amino-alcohol motifs (C(OH)–C–C–N with tert-alkyl or cyclic N) is 1. The van der Waals surface area contributed by atoms with Crippen molar-refractivity contribution >= 4 is 46.6 Å². The summed E-state index contributed by atoms with van der Waals surface area (Å²) in [5, 5.41) is 29.2. The van der Waals surface area contributed by atoms with Gasteiger partial charge in [-0.05, 0) is 79.6 Å². The van der Waals surface area contributed by atoms with E-state index >= 15 is 0 Å². The molecule has 0 radical (unpaired) electrons. The number of thiazole rings is 1. The van der Waals surface area contributed by atoms with Crippen molar-refractivity contribution < 1.29 is 38.5 Å². The van der Waals surface area contributed by atoms with E-state index in [1.54, 1.807) is 53.8 Å². The Balaban J connectivity index is 0.906. The highest BCUT2D eigenvalue weighted by Gasteiger charge is 2.64. The van der Waals surface area contributed by atoms with E-state index in [-0.39, 0.29) is 56.2 Å². The lowest BCUT2D eigenvalue weighted by Gasteiger charge is -2.63. The Morgan fingerprint density at radius 1 is 0.970 bits per heavy atom. The molecule has 2 aliphatic rings. The third-order valence-electron chi connectivity index (χ3n) is 12.8. The standard InChI is InChI=1S/C51H63ClN6O8S/c1-30(32-12-14-33(15-13-32)42-31(2)54-29-67-42)55-45(62)40-24-36(59)27-58(40)46(63)43(49(3,4)5)56-41(60)28-64-22-10-11-23-65-37-19-16-34(17-20-37)44(61)57-47-50(6,7)48(51(47,8)9)66-38-21-18-35(26-53)39(52)25-38/h12-21,25,29-30,36,40,43,47-48,59H,10-11,22-24,27-28H2,1-9H3,(H,55,62)(H,56,60)(H,57,61)/t30?,36-,40+,43?,47?,48?/m1/s1. The van der Waals surface area contributed by atoms with Gasteiger partial charge in [-0.15, -0.1) is 11.3 Å². The summed E-state index contributed by atoms with van der Waals surface area (Å²) in [6, 6.07) is 19.5. The highest BCUT2D eigenvalue weighted by Crippen LogP contribution is 2.55. The SMILES string of the molecule is Cc1ncsc1-c1ccc(C(C)NC(=O)[C@@H]2C[C@@H](O)CN2C(=O)C(NC(=O)COCCCCOc2ccc(C(=O)NC3C(C)(C)C(Oc4ccc(C#N)c(Cl)c4)C3(C)C)cc2)C(C)(C)C)cc1. The summed E-state index contributed by atoms with van der Waals surface area (Å²) in [5.74, 6) is -0.313. The molecule has 1 saturated heterocycles. The van der Waals surface area contributed by atoms with Crippen LogP contribution in [0.15, 0.2) is 72.2 Å². The minimum absolute atomic E-state index is 0.0246. The Hall–Kier alpha value is -5.53. The first-order valence-electron chi connectivity index (χ1n) is 22.7. The van der Waals surface area contributed by atoms with Crippen LogP contribution in [0, 0.1) is 34.5 Å². The van der Waals surface area contributed by atoms with Crippen molar-refractivity contribution in [1.29, 1.82) is 5.26 Å². The van der Waals surface area contributed by atoms with Gasteiger partial charge in [0.25, 0.3) is 5.91 Å². The third kappa shape index (κ3) is 12.0. The van der Waals surface area contributed by atoms with Crippen LogP contribution in [0.3, 0.4) is 0 Å². The highest BCUT2D eigenvalue weighted by molar-refractivity contribution is 7.13. The number of unbranched alkanes of at least 4 members (excludes halogenated alkanes) is 1. The molecule has 1 saturated carbocycles. The van der Waals surface area contributed by atoms with Gasteiger partial charge in [-0.1, -0.05) is 84.3 Å². The summed E-state index contributed by atoms with van der Waals surface area (Å²) in [5.41, 5.74) is 4.08. The zero-order valence-corrected chi connectivity index (χ0v) is 41.3. The molecular formula is C51H63ClN6O8S. The smallest absolute Gasteiger partial charge is 0.251 e. The second kappa shape index (κ2) is 21.2. The summed E-state index contributed by atoms with van der Waals surface area (Å²) in [4.78, 5) is 61.0. The lowest BCUT2D eigenvalue weighted by atomic mass is 9.49.